The SMILES string of the molecule is Cc1ccc(C(C)(C)CNCCC#N)cc1C. The third kappa shape index (κ3) is 3.87. The summed E-state index contributed by atoms with van der Waals surface area (Å²) in [6.07, 6.45) is 0.572. The first kappa shape index (κ1) is 13.7. The second kappa shape index (κ2) is 5.84. The Labute approximate surface area is 105 Å². The van der Waals surface area contributed by atoms with Gasteiger partial charge in [-0.25, -0.2) is 0 Å². The molecule has 2 heteroatoms. The van der Waals surface area contributed by atoms with Crippen LogP contribution < -0.4 is 5.32 Å². The lowest BCUT2D eigenvalue weighted by molar-refractivity contribution is 0.473. The van der Waals surface area contributed by atoms with Crippen molar-refractivity contribution in [2.75, 3.05) is 13.1 Å². The molecule has 0 spiro atoms. The van der Waals surface area contributed by atoms with Gasteiger partial charge in [0.2, 0.25) is 0 Å². The van der Waals surface area contributed by atoms with Gasteiger partial charge in [-0.2, -0.15) is 5.26 Å². The second-order valence-corrected chi connectivity index (χ2v) is 5.27. The van der Waals surface area contributed by atoms with Gasteiger partial charge in [0.1, 0.15) is 0 Å². The van der Waals surface area contributed by atoms with Gasteiger partial charge in [-0.3, -0.25) is 0 Å². The Hall–Kier alpha value is -1.33. The number of nitrogens with one attached hydrogen (secondary N) is 1. The third-order valence-corrected chi connectivity index (χ3v) is 3.27. The largest absolute Gasteiger partial charge is 0.315 e. The lowest BCUT2D eigenvalue weighted by Crippen LogP contribution is -2.33. The van der Waals surface area contributed by atoms with E-state index in [0.717, 1.165) is 13.1 Å². The minimum atomic E-state index is 0.105. The lowest BCUT2D eigenvalue weighted by Gasteiger charge is -2.26. The first-order valence-electron chi connectivity index (χ1n) is 6.13. The van der Waals surface area contributed by atoms with Crippen LogP contribution in [0.3, 0.4) is 0 Å². The highest BCUT2D eigenvalue weighted by atomic mass is 14.9. The first-order valence-corrected chi connectivity index (χ1v) is 6.13. The zero-order valence-electron chi connectivity index (χ0n) is 11.3. The summed E-state index contributed by atoms with van der Waals surface area (Å²) < 4.78 is 0. The van der Waals surface area contributed by atoms with Crippen molar-refractivity contribution >= 4 is 0 Å². The molecule has 0 aliphatic carbocycles. The molecule has 0 atom stereocenters. The molecule has 0 aliphatic rings. The predicted molar refractivity (Wildman–Crippen MR) is 72.0 cm³/mol. The second-order valence-electron chi connectivity index (χ2n) is 5.27. The van der Waals surface area contributed by atoms with Crippen LogP contribution in [0.5, 0.6) is 0 Å². The van der Waals surface area contributed by atoms with E-state index in [-0.39, 0.29) is 5.41 Å². The van der Waals surface area contributed by atoms with Gasteiger partial charge < -0.3 is 5.32 Å². The van der Waals surface area contributed by atoms with E-state index < -0.39 is 0 Å². The van der Waals surface area contributed by atoms with Crippen molar-refractivity contribution in [1.29, 1.82) is 5.26 Å². The van der Waals surface area contributed by atoms with Gasteiger partial charge in [0, 0.05) is 24.9 Å². The van der Waals surface area contributed by atoms with Gasteiger partial charge in [-0.05, 0) is 30.5 Å². The van der Waals surface area contributed by atoms with Crippen LogP contribution in [0.4, 0.5) is 0 Å². The minimum absolute atomic E-state index is 0.105. The Kier molecular flexibility index (Phi) is 4.72. The molecule has 1 N–H and O–H groups in total. The standard InChI is InChI=1S/C15H22N2/c1-12-6-7-14(10-13(12)2)15(3,4)11-17-9-5-8-16/h6-7,10,17H,5,9,11H2,1-4H3. The molecule has 0 aliphatic heterocycles. The van der Waals surface area contributed by atoms with E-state index in [0.29, 0.717) is 6.42 Å². The van der Waals surface area contributed by atoms with E-state index in [1.54, 1.807) is 0 Å². The van der Waals surface area contributed by atoms with Crippen LogP contribution in [-0.2, 0) is 5.41 Å². The van der Waals surface area contributed by atoms with E-state index in [9.17, 15) is 0 Å². The zero-order valence-corrected chi connectivity index (χ0v) is 11.3. The van der Waals surface area contributed by atoms with Crippen molar-refractivity contribution in [2.24, 2.45) is 0 Å². The first-order chi connectivity index (χ1) is 7.97. The molecular weight excluding hydrogens is 208 g/mol. The molecule has 0 saturated carbocycles. The zero-order chi connectivity index (χ0) is 12.9. The summed E-state index contributed by atoms with van der Waals surface area (Å²) in [4.78, 5) is 0. The van der Waals surface area contributed by atoms with Gasteiger partial charge in [0.15, 0.2) is 0 Å². The average Bonchev–Trinajstić information content (AvgIpc) is 2.28. The lowest BCUT2D eigenvalue weighted by atomic mass is 9.83. The van der Waals surface area contributed by atoms with Crippen molar-refractivity contribution in [3.05, 3.63) is 34.9 Å². The van der Waals surface area contributed by atoms with E-state index >= 15 is 0 Å². The molecule has 0 aromatic heterocycles. The molecule has 17 heavy (non-hydrogen) atoms. The summed E-state index contributed by atoms with van der Waals surface area (Å²) in [7, 11) is 0. The summed E-state index contributed by atoms with van der Waals surface area (Å²) in [6, 6.07) is 8.80. The third-order valence-electron chi connectivity index (χ3n) is 3.27. The molecule has 1 aromatic rings. The van der Waals surface area contributed by atoms with Crippen LogP contribution in [0.25, 0.3) is 0 Å². The van der Waals surface area contributed by atoms with Crippen molar-refractivity contribution in [3.63, 3.8) is 0 Å². The Balaban J connectivity index is 2.68. The summed E-state index contributed by atoms with van der Waals surface area (Å²) in [6.45, 7) is 10.4. The molecule has 0 bridgehead atoms. The summed E-state index contributed by atoms with van der Waals surface area (Å²) >= 11 is 0. The van der Waals surface area contributed by atoms with Crippen molar-refractivity contribution in [2.45, 2.75) is 39.5 Å². The fourth-order valence-corrected chi connectivity index (χ4v) is 1.81. The van der Waals surface area contributed by atoms with Crippen LogP contribution in [-0.4, -0.2) is 13.1 Å². The maximum atomic E-state index is 8.49. The molecule has 0 saturated heterocycles. The van der Waals surface area contributed by atoms with Gasteiger partial charge in [0.25, 0.3) is 0 Å². The van der Waals surface area contributed by atoms with E-state index in [1.165, 1.54) is 16.7 Å². The van der Waals surface area contributed by atoms with Crippen molar-refractivity contribution < 1.29 is 0 Å². The monoisotopic (exact) mass is 230 g/mol. The fraction of sp³-hybridized carbons (Fsp3) is 0.533. The van der Waals surface area contributed by atoms with Crippen LogP contribution >= 0.6 is 0 Å². The predicted octanol–water partition coefficient (Wildman–Crippen LogP) is 3.08. The normalized spacial score (nSPS) is 11.2. The Bertz CT molecular complexity index is 413. The average molecular weight is 230 g/mol. The topological polar surface area (TPSA) is 35.8 Å². The molecule has 0 heterocycles. The number of nitrogens with zero attached hydrogens (tertiary/aromatic N) is 1. The van der Waals surface area contributed by atoms with Crippen molar-refractivity contribution in [3.8, 4) is 6.07 Å². The highest BCUT2D eigenvalue weighted by molar-refractivity contribution is 5.34. The number of aryl methyl sites for hydroxylation is 2. The molecule has 0 fully saturated rings. The molecule has 92 valence electrons. The minimum Gasteiger partial charge on any atom is -0.315 e. The fourth-order valence-electron chi connectivity index (χ4n) is 1.81. The molecule has 2 nitrogen and oxygen atoms in total. The van der Waals surface area contributed by atoms with Crippen LogP contribution in [0.15, 0.2) is 18.2 Å². The Morgan fingerprint density at radius 2 is 1.94 bits per heavy atom. The molecule has 0 radical (unpaired) electrons. The van der Waals surface area contributed by atoms with Crippen LogP contribution in [0.2, 0.25) is 0 Å². The number of hydrogen-bond acceptors (Lipinski definition) is 2. The quantitative estimate of drug-likeness (QED) is 0.789. The summed E-state index contributed by atoms with van der Waals surface area (Å²) in [5, 5.41) is 11.8. The number of hydrogen-bond donors (Lipinski definition) is 1. The number of nitriles is 1. The maximum Gasteiger partial charge on any atom is 0.0635 e. The maximum absolute atomic E-state index is 8.49. The molecule has 0 amide bonds. The van der Waals surface area contributed by atoms with Crippen molar-refractivity contribution in [1.82, 2.24) is 5.32 Å². The molecule has 1 aromatic carbocycles. The Morgan fingerprint density at radius 3 is 2.53 bits per heavy atom. The van der Waals surface area contributed by atoms with Crippen LogP contribution in [0, 0.1) is 25.2 Å². The number of rotatable bonds is 5. The van der Waals surface area contributed by atoms with E-state index in [2.05, 4.69) is 57.3 Å². The molecule has 0 unspecified atom stereocenters. The Morgan fingerprint density at radius 1 is 1.24 bits per heavy atom. The van der Waals surface area contributed by atoms with Gasteiger partial charge in [0.05, 0.1) is 6.07 Å². The summed E-state index contributed by atoms with van der Waals surface area (Å²) in [5.41, 5.74) is 4.13. The highest BCUT2D eigenvalue weighted by Gasteiger charge is 2.20. The molecular formula is C15H22N2. The van der Waals surface area contributed by atoms with Gasteiger partial charge in [-0.15, -0.1) is 0 Å². The molecule has 1 rings (SSSR count). The summed E-state index contributed by atoms with van der Waals surface area (Å²) in [5.74, 6) is 0. The number of benzene rings is 1. The van der Waals surface area contributed by atoms with Gasteiger partial charge in [-0.1, -0.05) is 32.0 Å². The van der Waals surface area contributed by atoms with E-state index in [1.807, 2.05) is 0 Å². The van der Waals surface area contributed by atoms with Crippen LogP contribution in [0.1, 0.15) is 37.0 Å². The highest BCUT2D eigenvalue weighted by Crippen LogP contribution is 2.24. The van der Waals surface area contributed by atoms with E-state index in [4.69, 9.17) is 5.26 Å². The smallest absolute Gasteiger partial charge is 0.0635 e. The van der Waals surface area contributed by atoms with Gasteiger partial charge >= 0.3 is 0 Å².